The topological polar surface area (TPSA) is 95.1 Å². The van der Waals surface area contributed by atoms with Crippen molar-refractivity contribution in [1.82, 2.24) is 20.5 Å². The van der Waals surface area contributed by atoms with Crippen LogP contribution in [0.4, 0.5) is 5.69 Å². The van der Waals surface area contributed by atoms with E-state index in [1.165, 1.54) is 0 Å². The number of rotatable bonds is 6. The lowest BCUT2D eigenvalue weighted by Gasteiger charge is -2.19. The van der Waals surface area contributed by atoms with E-state index >= 15 is 0 Å². The van der Waals surface area contributed by atoms with Crippen LogP contribution in [-0.4, -0.2) is 26.8 Å². The third-order valence-electron chi connectivity index (χ3n) is 5.19. The van der Waals surface area contributed by atoms with E-state index in [1.54, 1.807) is 30.7 Å². The van der Waals surface area contributed by atoms with Gasteiger partial charge in [-0.05, 0) is 61.2 Å². The number of nitrogens with zero attached hydrogens (tertiary/aromatic N) is 3. The highest BCUT2D eigenvalue weighted by Gasteiger charge is 2.13. The van der Waals surface area contributed by atoms with Crippen LogP contribution in [0, 0.1) is 5.92 Å². The van der Waals surface area contributed by atoms with E-state index in [0.717, 1.165) is 34.8 Å². The van der Waals surface area contributed by atoms with E-state index in [4.69, 9.17) is 4.99 Å². The second-order valence-electron chi connectivity index (χ2n) is 7.84. The summed E-state index contributed by atoms with van der Waals surface area (Å²) >= 11 is 0. The molecule has 1 amide bonds. The molecule has 3 aromatic rings. The molecular formula is C25H26N6O. The maximum atomic E-state index is 12.5. The lowest BCUT2D eigenvalue weighted by molar-refractivity contribution is 0.102. The highest BCUT2D eigenvalue weighted by Crippen LogP contribution is 2.21. The van der Waals surface area contributed by atoms with Crippen LogP contribution in [0.2, 0.25) is 0 Å². The van der Waals surface area contributed by atoms with Crippen molar-refractivity contribution in [2.24, 2.45) is 10.9 Å². The van der Waals surface area contributed by atoms with E-state index in [2.05, 4.69) is 51.8 Å². The van der Waals surface area contributed by atoms with Crippen LogP contribution in [0.5, 0.6) is 0 Å². The van der Waals surface area contributed by atoms with Crippen molar-refractivity contribution < 1.29 is 4.79 Å². The lowest BCUT2D eigenvalue weighted by atomic mass is 10.0. The molecule has 0 saturated heterocycles. The average Bonchev–Trinajstić information content (AvgIpc) is 3.32. The van der Waals surface area contributed by atoms with Crippen molar-refractivity contribution in [3.05, 3.63) is 102 Å². The Balaban J connectivity index is 1.51. The monoisotopic (exact) mass is 426 g/mol. The van der Waals surface area contributed by atoms with Crippen LogP contribution in [-0.2, 0) is 0 Å². The maximum absolute atomic E-state index is 12.5. The second-order valence-corrected chi connectivity index (χ2v) is 7.84. The molecule has 32 heavy (non-hydrogen) atoms. The van der Waals surface area contributed by atoms with Gasteiger partial charge in [-0.3, -0.25) is 14.9 Å². The molecule has 3 heterocycles. The molecule has 3 N–H and O–H groups in total. The number of H-pyrrole nitrogens is 1. The van der Waals surface area contributed by atoms with Gasteiger partial charge in [-0.25, -0.2) is 4.99 Å². The van der Waals surface area contributed by atoms with Gasteiger partial charge in [-0.2, -0.15) is 5.10 Å². The van der Waals surface area contributed by atoms with Gasteiger partial charge in [0.1, 0.15) is 5.82 Å². The molecule has 1 aromatic carbocycles. The molecule has 0 radical (unpaired) electrons. The number of hydrogen-bond donors (Lipinski definition) is 3. The summed E-state index contributed by atoms with van der Waals surface area (Å²) < 4.78 is 0. The number of carbonyl (C=O) groups excluding carboxylic acids is 1. The second kappa shape index (κ2) is 9.87. The minimum absolute atomic E-state index is 0.0125. The largest absolute Gasteiger partial charge is 0.364 e. The number of amides is 1. The summed E-state index contributed by atoms with van der Waals surface area (Å²) in [5.74, 6) is 0.990. The molecule has 1 aliphatic rings. The highest BCUT2D eigenvalue weighted by atomic mass is 16.1. The molecule has 2 aromatic heterocycles. The predicted molar refractivity (Wildman–Crippen MR) is 126 cm³/mol. The normalized spacial score (nSPS) is 21.1. The number of carbonyl (C=O) groups is 1. The van der Waals surface area contributed by atoms with Gasteiger partial charge in [0.05, 0.1) is 23.5 Å². The molecule has 2 atom stereocenters. The summed E-state index contributed by atoms with van der Waals surface area (Å²) in [6, 6.07) is 11.3. The molecule has 0 bridgehead atoms. The fourth-order valence-corrected chi connectivity index (χ4v) is 3.46. The van der Waals surface area contributed by atoms with Gasteiger partial charge in [-0.1, -0.05) is 25.1 Å². The zero-order chi connectivity index (χ0) is 22.3. The molecule has 1 aliphatic heterocycles. The number of hydrogen-bond acceptors (Lipinski definition) is 5. The maximum Gasteiger partial charge on any atom is 0.257 e. The number of nitrogens with one attached hydrogen (secondary N) is 3. The first-order valence-electron chi connectivity index (χ1n) is 10.6. The third-order valence-corrected chi connectivity index (χ3v) is 5.19. The molecule has 7 heteroatoms. The van der Waals surface area contributed by atoms with E-state index < -0.39 is 0 Å². The van der Waals surface area contributed by atoms with Crippen molar-refractivity contribution in [3.63, 3.8) is 0 Å². The number of aliphatic imine (C=N–C) groups is 1. The fourth-order valence-electron chi connectivity index (χ4n) is 3.46. The van der Waals surface area contributed by atoms with Crippen LogP contribution in [0.3, 0.4) is 0 Å². The van der Waals surface area contributed by atoms with E-state index in [9.17, 15) is 4.79 Å². The van der Waals surface area contributed by atoms with Gasteiger partial charge in [0.25, 0.3) is 5.91 Å². The molecule has 4 rings (SSSR count). The first kappa shape index (κ1) is 21.2. The SMILES string of the molecule is CC1\C=C(N[C@@H](C)c2cccc(NC(=O)c3cccnc3)c2)/N=C(c2cn[nH]c2)\C=C\C1. The van der Waals surface area contributed by atoms with Gasteiger partial charge in [-0.15, -0.1) is 0 Å². The fraction of sp³-hybridized carbons (Fsp3) is 0.200. The lowest BCUT2D eigenvalue weighted by Crippen LogP contribution is -2.20. The number of pyridine rings is 1. The van der Waals surface area contributed by atoms with Gasteiger partial charge in [0.15, 0.2) is 0 Å². The molecule has 0 spiro atoms. The van der Waals surface area contributed by atoms with E-state index in [-0.39, 0.29) is 11.9 Å². The van der Waals surface area contributed by atoms with Gasteiger partial charge < -0.3 is 10.6 Å². The number of aromatic nitrogens is 3. The Labute approximate surface area is 187 Å². The van der Waals surface area contributed by atoms with Gasteiger partial charge in [0, 0.05) is 29.8 Å². The first-order valence-corrected chi connectivity index (χ1v) is 10.6. The zero-order valence-electron chi connectivity index (χ0n) is 18.1. The summed E-state index contributed by atoms with van der Waals surface area (Å²) in [5.41, 5.74) is 4.09. The third kappa shape index (κ3) is 5.37. The molecule has 1 unspecified atom stereocenters. The Kier molecular flexibility index (Phi) is 6.55. The highest BCUT2D eigenvalue weighted by molar-refractivity contribution is 6.09. The van der Waals surface area contributed by atoms with Crippen LogP contribution in [0.15, 0.2) is 90.2 Å². The van der Waals surface area contributed by atoms with Gasteiger partial charge >= 0.3 is 0 Å². The van der Waals surface area contributed by atoms with E-state index in [0.29, 0.717) is 11.5 Å². The van der Waals surface area contributed by atoms with Crippen LogP contribution >= 0.6 is 0 Å². The molecular weight excluding hydrogens is 400 g/mol. The quantitative estimate of drug-likeness (QED) is 0.535. The molecule has 0 aliphatic carbocycles. The van der Waals surface area contributed by atoms with Crippen LogP contribution in [0.1, 0.15) is 47.8 Å². The summed E-state index contributed by atoms with van der Waals surface area (Å²) in [5, 5.41) is 13.3. The average molecular weight is 427 g/mol. The van der Waals surface area contributed by atoms with Crippen molar-refractivity contribution in [1.29, 1.82) is 0 Å². The summed E-state index contributed by atoms with van der Waals surface area (Å²) in [7, 11) is 0. The predicted octanol–water partition coefficient (Wildman–Crippen LogP) is 4.63. The van der Waals surface area contributed by atoms with Crippen molar-refractivity contribution in [3.8, 4) is 0 Å². The Bertz CT molecular complexity index is 1150. The van der Waals surface area contributed by atoms with Crippen molar-refractivity contribution in [2.45, 2.75) is 26.3 Å². The molecule has 0 fully saturated rings. The first-order chi connectivity index (χ1) is 15.6. The minimum Gasteiger partial charge on any atom is -0.364 e. The molecule has 7 nitrogen and oxygen atoms in total. The Morgan fingerprint density at radius 2 is 2.12 bits per heavy atom. The van der Waals surface area contributed by atoms with Crippen LogP contribution < -0.4 is 10.6 Å². The summed E-state index contributed by atoms with van der Waals surface area (Å²) in [6.07, 6.45) is 14.1. The number of aromatic amines is 1. The number of anilines is 1. The van der Waals surface area contributed by atoms with Gasteiger partial charge in [0.2, 0.25) is 0 Å². The number of benzene rings is 1. The van der Waals surface area contributed by atoms with Crippen LogP contribution in [0.25, 0.3) is 0 Å². The molecule has 0 saturated carbocycles. The zero-order valence-corrected chi connectivity index (χ0v) is 18.1. The smallest absolute Gasteiger partial charge is 0.257 e. The Morgan fingerprint density at radius 1 is 1.22 bits per heavy atom. The van der Waals surface area contributed by atoms with Crippen molar-refractivity contribution >= 4 is 17.3 Å². The van der Waals surface area contributed by atoms with E-state index in [1.807, 2.05) is 36.5 Å². The standard InChI is InChI=1S/C25H26N6O/c1-17-6-3-10-23(21-15-27-28-16-21)31-24(12-17)29-18(2)19-7-4-9-22(13-19)30-25(32)20-8-5-11-26-14-20/h3-5,7-18,29H,6H2,1-2H3,(H,27,28)(H,30,32)/b10-3+,24-12-,31-23+/t17?,18-/m0/s1. The summed E-state index contributed by atoms with van der Waals surface area (Å²) in [6.45, 7) is 4.25. The molecule has 162 valence electrons. The Hall–Kier alpha value is -4.00. The van der Waals surface area contributed by atoms with Crippen molar-refractivity contribution in [2.75, 3.05) is 5.32 Å². The minimum atomic E-state index is -0.187. The number of allylic oxidation sites excluding steroid dienone is 3. The Morgan fingerprint density at radius 3 is 2.91 bits per heavy atom. The summed E-state index contributed by atoms with van der Waals surface area (Å²) in [4.78, 5) is 21.3.